The number of nitrogens with one attached hydrogen (secondary N) is 5. The second kappa shape index (κ2) is 19.6. The van der Waals surface area contributed by atoms with Crippen molar-refractivity contribution in [3.63, 3.8) is 0 Å². The van der Waals surface area contributed by atoms with Gasteiger partial charge in [-0.05, 0) is 63.5 Å². The highest BCUT2D eigenvalue weighted by Gasteiger charge is 2.35. The minimum Gasteiger partial charge on any atom is -0.480 e. The molecule has 2 bridgehead atoms. The average Bonchev–Trinajstić information content (AvgIpc) is 3.76. The van der Waals surface area contributed by atoms with Gasteiger partial charge in [-0.1, -0.05) is 72.8 Å². The van der Waals surface area contributed by atoms with Crippen LogP contribution in [0.15, 0.2) is 121 Å². The van der Waals surface area contributed by atoms with Gasteiger partial charge in [-0.3, -0.25) is 29.0 Å². The number of carbonyl (C=O) groups is 6. The molecule has 2 aliphatic rings. The number of benzene rings is 3. The summed E-state index contributed by atoms with van der Waals surface area (Å²) in [7, 11) is 0. The molecule has 0 fully saturated rings. The Hall–Kier alpha value is -6.75. The number of hydrogen-bond acceptors (Lipinski definition) is 10. The fraction of sp³-hybridized carbons (Fsp3) is 0.233. The zero-order valence-electron chi connectivity index (χ0n) is 31.5. The molecule has 59 heavy (non-hydrogen) atoms. The Morgan fingerprint density at radius 1 is 0.593 bits per heavy atom. The van der Waals surface area contributed by atoms with Gasteiger partial charge in [0.05, 0.1) is 0 Å². The van der Waals surface area contributed by atoms with Crippen LogP contribution < -0.4 is 26.6 Å². The zero-order chi connectivity index (χ0) is 41.9. The van der Waals surface area contributed by atoms with Gasteiger partial charge in [0, 0.05) is 48.6 Å². The fourth-order valence-corrected chi connectivity index (χ4v) is 7.21. The van der Waals surface area contributed by atoms with E-state index in [1.165, 1.54) is 35.6 Å². The summed E-state index contributed by atoms with van der Waals surface area (Å²) < 4.78 is 0. The third-order valence-corrected chi connectivity index (χ3v) is 10.6. The Bertz CT molecular complexity index is 2240. The van der Waals surface area contributed by atoms with Crippen LogP contribution in [-0.2, 0) is 54.5 Å². The van der Waals surface area contributed by atoms with Crippen LogP contribution in [0.2, 0.25) is 0 Å². The number of carboxylic acids is 1. The molecule has 6 atom stereocenters. The van der Waals surface area contributed by atoms with Crippen LogP contribution in [0.5, 0.6) is 0 Å². The molecule has 0 saturated carbocycles. The first-order valence-corrected chi connectivity index (χ1v) is 19.6. The van der Waals surface area contributed by atoms with E-state index >= 15 is 0 Å². The predicted molar refractivity (Wildman–Crippen MR) is 218 cm³/mol. The molecule has 5 amide bonds. The molecule has 4 heterocycles. The van der Waals surface area contributed by atoms with E-state index in [9.17, 15) is 44.1 Å². The molecule has 16 heteroatoms. The van der Waals surface area contributed by atoms with Crippen LogP contribution >= 0.6 is 11.3 Å². The van der Waals surface area contributed by atoms with E-state index in [-0.39, 0.29) is 31.4 Å². The summed E-state index contributed by atoms with van der Waals surface area (Å²) in [5.74, 6) is -6.11. The number of rotatable bonds is 8. The van der Waals surface area contributed by atoms with Crippen LogP contribution in [0, 0.1) is 0 Å². The second-order valence-electron chi connectivity index (χ2n) is 14.0. The standard InChI is InChI=1S/C43H42N6O9S/c50-36-37(51)42(56)48-34(24-31-7-4-20-59-31)40(54)47-33(22-26-8-12-28(13-9-26)29-16-18-44-19-17-29)38(52)46-32(21-25-5-2-1-3-6-25)39(53)49-35(43(57)58)23-27-10-14-30(15-11-27)45-41(36)55/h1-20,32-37,50-51H,21-24H2,(H,45,55)(H,46,52)(H,47,54)(H,48,56)(H,49,53)(H,57,58)/t32-,33+,34-,35+,36-,37-/m1/s1. The molecule has 0 saturated heterocycles. The molecule has 0 unspecified atom stereocenters. The highest BCUT2D eigenvalue weighted by molar-refractivity contribution is 7.09. The van der Waals surface area contributed by atoms with Crippen molar-refractivity contribution in [1.82, 2.24) is 26.3 Å². The van der Waals surface area contributed by atoms with Crippen LogP contribution in [0.3, 0.4) is 0 Å². The van der Waals surface area contributed by atoms with Gasteiger partial charge in [0.15, 0.2) is 12.2 Å². The number of fused-ring (bicyclic) bond motifs is 18. The monoisotopic (exact) mass is 818 g/mol. The quantitative estimate of drug-likeness (QED) is 0.106. The number of aliphatic hydroxyl groups excluding tert-OH is 2. The van der Waals surface area contributed by atoms with Crippen LogP contribution in [0.4, 0.5) is 5.69 Å². The van der Waals surface area contributed by atoms with E-state index in [0.717, 1.165) is 11.1 Å². The van der Waals surface area contributed by atoms with E-state index in [1.807, 2.05) is 24.3 Å². The van der Waals surface area contributed by atoms with E-state index < -0.39 is 71.9 Å². The Balaban J connectivity index is 1.37. The number of carboxylic acid groups (broad SMARTS) is 1. The topological polar surface area (TPSA) is 236 Å². The molecule has 15 nitrogen and oxygen atoms in total. The lowest BCUT2D eigenvalue weighted by molar-refractivity contribution is -0.145. The Morgan fingerprint density at radius 3 is 1.73 bits per heavy atom. The summed E-state index contributed by atoms with van der Waals surface area (Å²) in [6.45, 7) is 0. The highest BCUT2D eigenvalue weighted by atomic mass is 32.1. The number of aliphatic hydroxyl groups is 2. The first-order valence-electron chi connectivity index (χ1n) is 18.7. The SMILES string of the molecule is O=C(O)[C@@H]1Cc2ccc(cc2)NC(=O)[C@H](O)[C@@H](O)C(=O)N[C@H](Cc2cccs2)C(=O)N[C@@H](Cc2ccc(-c3ccncc3)cc2)C(=O)N[C@H](Cc2ccccc2)C(=O)N1. The van der Waals surface area contributed by atoms with Crippen molar-refractivity contribution in [2.45, 2.75) is 62.1 Å². The van der Waals surface area contributed by atoms with Crippen molar-refractivity contribution in [2.24, 2.45) is 0 Å². The lowest BCUT2D eigenvalue weighted by Gasteiger charge is -2.27. The molecule has 5 aromatic rings. The molecular weight excluding hydrogens is 777 g/mol. The average molecular weight is 819 g/mol. The second-order valence-corrected chi connectivity index (χ2v) is 15.0. The number of amides is 5. The van der Waals surface area contributed by atoms with Gasteiger partial charge >= 0.3 is 5.97 Å². The van der Waals surface area contributed by atoms with Gasteiger partial charge in [0.25, 0.3) is 11.8 Å². The maximum atomic E-state index is 14.4. The summed E-state index contributed by atoms with van der Waals surface area (Å²) in [6.07, 6.45) is -1.61. The van der Waals surface area contributed by atoms with Crippen molar-refractivity contribution in [3.05, 3.63) is 142 Å². The largest absolute Gasteiger partial charge is 0.480 e. The molecule has 0 spiro atoms. The molecule has 0 radical (unpaired) electrons. The lowest BCUT2D eigenvalue weighted by Crippen LogP contribution is -2.60. The molecule has 8 N–H and O–H groups in total. The van der Waals surface area contributed by atoms with E-state index in [4.69, 9.17) is 0 Å². The molecule has 0 aliphatic carbocycles. The van der Waals surface area contributed by atoms with Gasteiger partial charge in [-0.2, -0.15) is 0 Å². The number of aromatic nitrogens is 1. The summed E-state index contributed by atoms with van der Waals surface area (Å²) in [5, 5.41) is 46.2. The number of carbonyl (C=O) groups excluding carboxylic acids is 5. The summed E-state index contributed by atoms with van der Waals surface area (Å²) in [6, 6.07) is 23.5. The Labute approximate surface area is 342 Å². The number of hydrogen-bond donors (Lipinski definition) is 8. The highest BCUT2D eigenvalue weighted by Crippen LogP contribution is 2.20. The maximum absolute atomic E-state index is 14.4. The van der Waals surface area contributed by atoms with Crippen LogP contribution in [0.1, 0.15) is 21.6 Å². The molecule has 3 aromatic carbocycles. The van der Waals surface area contributed by atoms with Gasteiger partial charge in [0.1, 0.15) is 24.2 Å². The summed E-state index contributed by atoms with van der Waals surface area (Å²) in [4.78, 5) is 86.0. The summed E-state index contributed by atoms with van der Waals surface area (Å²) in [5.41, 5.74) is 3.67. The number of anilines is 1. The fourth-order valence-electron chi connectivity index (χ4n) is 6.46. The molecule has 304 valence electrons. The minimum absolute atomic E-state index is 0.0300. The first-order chi connectivity index (χ1) is 28.4. The van der Waals surface area contributed by atoms with E-state index in [2.05, 4.69) is 31.6 Å². The van der Waals surface area contributed by atoms with Crippen molar-refractivity contribution < 1.29 is 44.1 Å². The smallest absolute Gasteiger partial charge is 0.326 e. The third kappa shape index (κ3) is 11.4. The first kappa shape index (κ1) is 41.9. The van der Waals surface area contributed by atoms with Gasteiger partial charge in [-0.25, -0.2) is 4.79 Å². The van der Waals surface area contributed by atoms with Gasteiger partial charge < -0.3 is 41.9 Å². The van der Waals surface area contributed by atoms with Gasteiger partial charge in [-0.15, -0.1) is 11.3 Å². The molecule has 2 aliphatic heterocycles. The molecule has 7 rings (SSSR count). The lowest BCUT2D eigenvalue weighted by atomic mass is 9.99. The van der Waals surface area contributed by atoms with Crippen molar-refractivity contribution in [3.8, 4) is 11.1 Å². The van der Waals surface area contributed by atoms with Crippen molar-refractivity contribution in [2.75, 3.05) is 5.32 Å². The zero-order valence-corrected chi connectivity index (χ0v) is 32.3. The number of aliphatic carboxylic acids is 1. The van der Waals surface area contributed by atoms with E-state index in [1.54, 1.807) is 72.4 Å². The predicted octanol–water partition coefficient (Wildman–Crippen LogP) is 1.78. The number of thiophene rings is 1. The van der Waals surface area contributed by atoms with Crippen molar-refractivity contribution >= 4 is 52.5 Å². The van der Waals surface area contributed by atoms with Crippen LogP contribution in [-0.4, -0.2) is 92.2 Å². The minimum atomic E-state index is -2.30. The molecular formula is C43H42N6O9S. The normalized spacial score (nSPS) is 22.2. The number of nitrogens with zero attached hydrogens (tertiary/aromatic N) is 1. The maximum Gasteiger partial charge on any atom is 0.326 e. The van der Waals surface area contributed by atoms with Gasteiger partial charge in [0.2, 0.25) is 17.7 Å². The molecule has 2 aromatic heterocycles. The Morgan fingerprint density at radius 2 is 1.14 bits per heavy atom. The van der Waals surface area contributed by atoms with Crippen molar-refractivity contribution in [1.29, 1.82) is 0 Å². The van der Waals surface area contributed by atoms with Crippen LogP contribution in [0.25, 0.3) is 11.1 Å². The van der Waals surface area contributed by atoms with E-state index in [0.29, 0.717) is 21.6 Å². The summed E-state index contributed by atoms with van der Waals surface area (Å²) >= 11 is 1.29. The third-order valence-electron chi connectivity index (χ3n) is 9.69. The number of pyridine rings is 1. The Kier molecular flexibility index (Phi) is 13.9.